The van der Waals surface area contributed by atoms with E-state index in [9.17, 15) is 0 Å². The van der Waals surface area contributed by atoms with Crippen molar-refractivity contribution in [3.05, 3.63) is 40.1 Å². The first-order chi connectivity index (χ1) is 8.69. The molecule has 2 aromatic rings. The first-order valence-corrected chi connectivity index (χ1v) is 6.87. The van der Waals surface area contributed by atoms with E-state index in [0.717, 1.165) is 25.5 Å². The fourth-order valence-corrected chi connectivity index (χ4v) is 3.00. The Kier molecular flexibility index (Phi) is 4.52. The van der Waals surface area contributed by atoms with Gasteiger partial charge < -0.3 is 9.88 Å². The lowest BCUT2D eigenvalue weighted by atomic mass is 10.4. The van der Waals surface area contributed by atoms with E-state index in [0.29, 0.717) is 0 Å². The summed E-state index contributed by atoms with van der Waals surface area (Å²) in [7, 11) is 6.14. The molecule has 18 heavy (non-hydrogen) atoms. The third-order valence-corrected chi connectivity index (χ3v) is 3.90. The van der Waals surface area contributed by atoms with Crippen molar-refractivity contribution in [3.63, 3.8) is 0 Å². The molecule has 0 spiro atoms. The van der Waals surface area contributed by atoms with Gasteiger partial charge in [-0.25, -0.2) is 4.98 Å². The summed E-state index contributed by atoms with van der Waals surface area (Å²) < 4.78 is 2.07. The van der Waals surface area contributed by atoms with E-state index in [-0.39, 0.29) is 0 Å². The van der Waals surface area contributed by atoms with Crippen LogP contribution in [0.1, 0.15) is 15.6 Å². The van der Waals surface area contributed by atoms with Gasteiger partial charge in [-0.3, -0.25) is 4.90 Å². The quantitative estimate of drug-likeness (QED) is 0.864. The van der Waals surface area contributed by atoms with Gasteiger partial charge in [0.2, 0.25) is 0 Å². The molecule has 0 aromatic carbocycles. The second kappa shape index (κ2) is 6.13. The van der Waals surface area contributed by atoms with Gasteiger partial charge in [-0.15, -0.1) is 11.3 Å². The summed E-state index contributed by atoms with van der Waals surface area (Å²) in [6, 6.07) is 4.41. The molecule has 0 unspecified atom stereocenters. The Labute approximate surface area is 112 Å². The van der Waals surface area contributed by atoms with E-state index in [2.05, 4.69) is 38.9 Å². The second-order valence-electron chi connectivity index (χ2n) is 4.53. The molecule has 0 atom stereocenters. The summed E-state index contributed by atoms with van der Waals surface area (Å²) in [6.45, 7) is 2.80. The molecule has 2 rings (SSSR count). The van der Waals surface area contributed by atoms with E-state index in [1.807, 2.05) is 37.8 Å². The van der Waals surface area contributed by atoms with Gasteiger partial charge in [0, 0.05) is 42.3 Å². The minimum atomic E-state index is 0.878. The molecule has 0 fully saturated rings. The standard InChI is InChI=1S/C13H20N4S/c1-14-8-11-4-5-12(18-11)9-16(2)10-13-15-6-7-17(13)3/h4-7,14H,8-10H2,1-3H3. The number of imidazole rings is 1. The monoisotopic (exact) mass is 264 g/mol. The van der Waals surface area contributed by atoms with Crippen molar-refractivity contribution in [2.45, 2.75) is 19.6 Å². The molecular weight excluding hydrogens is 244 g/mol. The third kappa shape index (κ3) is 3.41. The van der Waals surface area contributed by atoms with Gasteiger partial charge >= 0.3 is 0 Å². The lowest BCUT2D eigenvalue weighted by molar-refractivity contribution is 0.310. The van der Waals surface area contributed by atoms with Crippen molar-refractivity contribution in [1.82, 2.24) is 19.8 Å². The zero-order valence-corrected chi connectivity index (χ0v) is 12.0. The van der Waals surface area contributed by atoms with Gasteiger partial charge in [0.1, 0.15) is 5.82 Å². The van der Waals surface area contributed by atoms with Crippen molar-refractivity contribution >= 4 is 11.3 Å². The largest absolute Gasteiger partial charge is 0.337 e. The normalized spacial score (nSPS) is 11.3. The van der Waals surface area contributed by atoms with Gasteiger partial charge in [-0.2, -0.15) is 0 Å². The molecule has 5 heteroatoms. The molecule has 2 aromatic heterocycles. The topological polar surface area (TPSA) is 33.1 Å². The zero-order chi connectivity index (χ0) is 13.0. The molecule has 0 bridgehead atoms. The van der Waals surface area contributed by atoms with Crippen molar-refractivity contribution in [2.24, 2.45) is 7.05 Å². The van der Waals surface area contributed by atoms with Crippen molar-refractivity contribution in [2.75, 3.05) is 14.1 Å². The van der Waals surface area contributed by atoms with Gasteiger partial charge in [-0.05, 0) is 26.2 Å². The maximum Gasteiger partial charge on any atom is 0.122 e. The highest BCUT2D eigenvalue weighted by atomic mass is 32.1. The van der Waals surface area contributed by atoms with Crippen molar-refractivity contribution in [1.29, 1.82) is 0 Å². The Hall–Kier alpha value is -1.17. The maximum absolute atomic E-state index is 4.35. The van der Waals surface area contributed by atoms with Crippen LogP contribution in [0.5, 0.6) is 0 Å². The molecule has 0 aliphatic heterocycles. The molecule has 0 saturated heterocycles. The van der Waals surface area contributed by atoms with Crippen molar-refractivity contribution in [3.8, 4) is 0 Å². The fraction of sp³-hybridized carbons (Fsp3) is 0.462. The van der Waals surface area contributed by atoms with E-state index in [4.69, 9.17) is 0 Å². The Bertz CT molecular complexity index is 489. The summed E-state index contributed by atoms with van der Waals surface area (Å²) >= 11 is 1.87. The molecule has 4 nitrogen and oxygen atoms in total. The molecular formula is C13H20N4S. The number of nitrogens with one attached hydrogen (secondary N) is 1. The number of hydrogen-bond acceptors (Lipinski definition) is 4. The highest BCUT2D eigenvalue weighted by Gasteiger charge is 2.07. The maximum atomic E-state index is 4.35. The van der Waals surface area contributed by atoms with Gasteiger partial charge in [-0.1, -0.05) is 0 Å². The Morgan fingerprint density at radius 1 is 1.33 bits per heavy atom. The lowest BCUT2D eigenvalue weighted by Gasteiger charge is -2.15. The molecule has 2 heterocycles. The number of aryl methyl sites for hydroxylation is 1. The zero-order valence-electron chi connectivity index (χ0n) is 11.2. The molecule has 0 aliphatic carbocycles. The van der Waals surface area contributed by atoms with Crippen LogP contribution in [-0.2, 0) is 26.7 Å². The SMILES string of the molecule is CNCc1ccc(CN(C)Cc2nccn2C)s1. The summed E-state index contributed by atoms with van der Waals surface area (Å²) in [6.07, 6.45) is 3.83. The molecule has 0 amide bonds. The smallest absolute Gasteiger partial charge is 0.122 e. The lowest BCUT2D eigenvalue weighted by Crippen LogP contribution is -2.18. The minimum Gasteiger partial charge on any atom is -0.337 e. The first kappa shape index (κ1) is 13.3. The van der Waals surface area contributed by atoms with E-state index < -0.39 is 0 Å². The van der Waals surface area contributed by atoms with Crippen LogP contribution < -0.4 is 5.32 Å². The predicted octanol–water partition coefficient (Wildman–Crippen LogP) is 1.83. The third-order valence-electron chi connectivity index (χ3n) is 2.83. The Balaban J connectivity index is 1.90. The van der Waals surface area contributed by atoms with Gasteiger partial charge in [0.25, 0.3) is 0 Å². The summed E-state index contributed by atoms with van der Waals surface area (Å²) in [5.41, 5.74) is 0. The Morgan fingerprint density at radius 3 is 2.78 bits per heavy atom. The molecule has 98 valence electrons. The summed E-state index contributed by atoms with van der Waals surface area (Å²) in [4.78, 5) is 9.42. The van der Waals surface area contributed by atoms with Crippen LogP contribution in [0.15, 0.2) is 24.5 Å². The van der Waals surface area contributed by atoms with Crippen LogP contribution >= 0.6 is 11.3 Å². The highest BCUT2D eigenvalue weighted by molar-refractivity contribution is 7.11. The predicted molar refractivity (Wildman–Crippen MR) is 75.5 cm³/mol. The highest BCUT2D eigenvalue weighted by Crippen LogP contribution is 2.18. The molecule has 1 N–H and O–H groups in total. The van der Waals surface area contributed by atoms with E-state index in [1.165, 1.54) is 9.75 Å². The molecule has 0 aliphatic rings. The van der Waals surface area contributed by atoms with Crippen LogP contribution in [0, 0.1) is 0 Å². The van der Waals surface area contributed by atoms with E-state index >= 15 is 0 Å². The van der Waals surface area contributed by atoms with Crippen LogP contribution in [0.4, 0.5) is 0 Å². The number of rotatable bonds is 6. The van der Waals surface area contributed by atoms with Crippen LogP contribution in [0.2, 0.25) is 0 Å². The number of nitrogens with zero attached hydrogens (tertiary/aromatic N) is 3. The van der Waals surface area contributed by atoms with Gasteiger partial charge in [0.15, 0.2) is 0 Å². The fourth-order valence-electron chi connectivity index (χ4n) is 1.89. The summed E-state index contributed by atoms with van der Waals surface area (Å²) in [5, 5.41) is 3.18. The van der Waals surface area contributed by atoms with Crippen LogP contribution in [0.25, 0.3) is 0 Å². The average molecular weight is 264 g/mol. The molecule has 0 saturated carbocycles. The number of thiophene rings is 1. The first-order valence-electron chi connectivity index (χ1n) is 6.06. The number of hydrogen-bond donors (Lipinski definition) is 1. The van der Waals surface area contributed by atoms with Crippen LogP contribution in [-0.4, -0.2) is 28.5 Å². The summed E-state index contributed by atoms with van der Waals surface area (Å²) in [5.74, 6) is 1.10. The van der Waals surface area contributed by atoms with E-state index in [1.54, 1.807) is 0 Å². The minimum absolute atomic E-state index is 0.878. The number of aromatic nitrogens is 2. The Morgan fingerprint density at radius 2 is 2.11 bits per heavy atom. The van der Waals surface area contributed by atoms with Gasteiger partial charge in [0.05, 0.1) is 6.54 Å². The van der Waals surface area contributed by atoms with Crippen molar-refractivity contribution < 1.29 is 0 Å². The molecule has 0 radical (unpaired) electrons. The second-order valence-corrected chi connectivity index (χ2v) is 5.78. The van der Waals surface area contributed by atoms with Crippen LogP contribution in [0.3, 0.4) is 0 Å². The average Bonchev–Trinajstić information content (AvgIpc) is 2.90.